The van der Waals surface area contributed by atoms with Gasteiger partial charge in [0.2, 0.25) is 0 Å². The van der Waals surface area contributed by atoms with Crippen molar-refractivity contribution in [3.63, 3.8) is 0 Å². The van der Waals surface area contributed by atoms with E-state index < -0.39 is 30.5 Å². The van der Waals surface area contributed by atoms with E-state index in [4.69, 9.17) is 15.2 Å². The van der Waals surface area contributed by atoms with Crippen molar-refractivity contribution in [1.82, 2.24) is 0 Å². The van der Waals surface area contributed by atoms with Crippen molar-refractivity contribution >= 4 is 34.1 Å². The summed E-state index contributed by atoms with van der Waals surface area (Å²) in [6.45, 7) is 2.95. The predicted molar refractivity (Wildman–Crippen MR) is 93.7 cm³/mol. The van der Waals surface area contributed by atoms with Gasteiger partial charge >= 0.3 is 5.97 Å². The Morgan fingerprint density at radius 1 is 1.28 bits per heavy atom. The number of rotatable bonds is 7. The van der Waals surface area contributed by atoms with Crippen molar-refractivity contribution in [3.8, 4) is 5.75 Å². The molecule has 0 unspecified atom stereocenters. The number of nitrogens with two attached hydrogens (primary N) is 1. The van der Waals surface area contributed by atoms with Crippen LogP contribution in [-0.4, -0.2) is 30.5 Å². The van der Waals surface area contributed by atoms with Crippen LogP contribution in [0.2, 0.25) is 0 Å². The summed E-state index contributed by atoms with van der Waals surface area (Å²) in [4.78, 5) is 34.9. The average Bonchev–Trinajstić information content (AvgIpc) is 3.00. The topological polar surface area (TPSA) is 108 Å². The first-order valence-corrected chi connectivity index (χ1v) is 8.32. The second-order valence-corrected chi connectivity index (χ2v) is 6.18. The maximum Gasteiger partial charge on any atom is 0.347 e. The Morgan fingerprint density at radius 3 is 2.72 bits per heavy atom. The third-order valence-corrected chi connectivity index (χ3v) is 3.99. The molecule has 2 aromatic rings. The lowest BCUT2D eigenvalue weighted by Gasteiger charge is -2.14. The lowest BCUT2D eigenvalue weighted by molar-refractivity contribution is -0.153. The molecule has 7 nitrogen and oxygen atoms in total. The maximum absolute atomic E-state index is 11.9. The Hall–Kier alpha value is -2.87. The zero-order chi connectivity index (χ0) is 18.4. The van der Waals surface area contributed by atoms with E-state index in [1.54, 1.807) is 17.5 Å². The molecule has 0 aliphatic heterocycles. The summed E-state index contributed by atoms with van der Waals surface area (Å²) in [6, 6.07) is 8.75. The van der Waals surface area contributed by atoms with Gasteiger partial charge in [0.25, 0.3) is 11.8 Å². The molecule has 0 fully saturated rings. The Kier molecular flexibility index (Phi) is 6.13. The number of aryl methyl sites for hydroxylation is 1. The fourth-order valence-corrected chi connectivity index (χ4v) is 2.77. The average molecular weight is 362 g/mol. The van der Waals surface area contributed by atoms with Gasteiger partial charge in [0, 0.05) is 0 Å². The predicted octanol–water partition coefficient (Wildman–Crippen LogP) is 2.10. The number of amides is 2. The van der Waals surface area contributed by atoms with Crippen LogP contribution in [0.15, 0.2) is 35.7 Å². The molecule has 1 heterocycles. The van der Waals surface area contributed by atoms with E-state index in [0.29, 0.717) is 10.8 Å². The molecule has 132 valence electrons. The van der Waals surface area contributed by atoms with Crippen LogP contribution in [0.3, 0.4) is 0 Å². The van der Waals surface area contributed by atoms with Gasteiger partial charge < -0.3 is 20.5 Å². The van der Waals surface area contributed by atoms with Crippen LogP contribution in [0.4, 0.5) is 5.00 Å². The van der Waals surface area contributed by atoms with Gasteiger partial charge in [0.05, 0.1) is 5.56 Å². The van der Waals surface area contributed by atoms with E-state index >= 15 is 0 Å². The number of benzene rings is 1. The van der Waals surface area contributed by atoms with Crippen molar-refractivity contribution in [3.05, 3.63) is 46.8 Å². The van der Waals surface area contributed by atoms with E-state index in [0.717, 1.165) is 16.9 Å². The van der Waals surface area contributed by atoms with Gasteiger partial charge in [-0.3, -0.25) is 9.59 Å². The Bertz CT molecular complexity index is 787. The Balaban J connectivity index is 1.83. The van der Waals surface area contributed by atoms with Gasteiger partial charge in [0.1, 0.15) is 10.8 Å². The number of anilines is 1. The molecule has 0 bridgehead atoms. The lowest BCUT2D eigenvalue weighted by atomic mass is 10.2. The highest BCUT2D eigenvalue weighted by Crippen LogP contribution is 2.22. The Labute approximate surface area is 148 Å². The molecule has 0 radical (unpaired) electrons. The number of ether oxygens (including phenoxy) is 2. The van der Waals surface area contributed by atoms with E-state index in [1.807, 2.05) is 19.1 Å². The number of hydrogen-bond donors (Lipinski definition) is 2. The van der Waals surface area contributed by atoms with E-state index in [9.17, 15) is 14.4 Å². The molecule has 0 saturated carbocycles. The molecule has 3 N–H and O–H groups in total. The van der Waals surface area contributed by atoms with Crippen molar-refractivity contribution in [2.75, 3.05) is 11.9 Å². The molecule has 1 atom stereocenters. The van der Waals surface area contributed by atoms with Crippen LogP contribution in [0.5, 0.6) is 5.75 Å². The highest BCUT2D eigenvalue weighted by molar-refractivity contribution is 7.14. The van der Waals surface area contributed by atoms with Crippen LogP contribution in [0, 0.1) is 6.92 Å². The number of thiophene rings is 1. The molecule has 25 heavy (non-hydrogen) atoms. The molecule has 1 aromatic heterocycles. The summed E-state index contributed by atoms with van der Waals surface area (Å²) in [5.41, 5.74) is 6.40. The van der Waals surface area contributed by atoms with Crippen LogP contribution in [0.25, 0.3) is 0 Å². The largest absolute Gasteiger partial charge is 0.479 e. The lowest BCUT2D eigenvalue weighted by Crippen LogP contribution is -2.30. The summed E-state index contributed by atoms with van der Waals surface area (Å²) in [5, 5.41) is 4.43. The van der Waals surface area contributed by atoms with Crippen molar-refractivity contribution in [1.29, 1.82) is 0 Å². The SMILES string of the molecule is Cc1cccc(O[C@@H](C)C(=O)OCC(=O)Nc2sccc2C(N)=O)c1. The number of esters is 1. The normalized spacial score (nSPS) is 11.4. The van der Waals surface area contributed by atoms with E-state index in [1.165, 1.54) is 13.0 Å². The summed E-state index contributed by atoms with van der Waals surface area (Å²) in [5.74, 6) is -1.34. The summed E-state index contributed by atoms with van der Waals surface area (Å²) >= 11 is 1.15. The smallest absolute Gasteiger partial charge is 0.347 e. The third-order valence-electron chi connectivity index (χ3n) is 3.16. The van der Waals surface area contributed by atoms with Crippen molar-refractivity contribution < 1.29 is 23.9 Å². The minimum absolute atomic E-state index is 0.209. The number of primary amides is 1. The molecular weight excluding hydrogens is 344 g/mol. The van der Waals surface area contributed by atoms with Crippen LogP contribution < -0.4 is 15.8 Å². The fourth-order valence-electron chi connectivity index (χ4n) is 1.96. The van der Waals surface area contributed by atoms with E-state index in [-0.39, 0.29) is 5.56 Å². The molecule has 0 saturated heterocycles. The fraction of sp³-hybridized carbons (Fsp3) is 0.235. The minimum Gasteiger partial charge on any atom is -0.479 e. The molecule has 8 heteroatoms. The van der Waals surface area contributed by atoms with Gasteiger partial charge in [-0.25, -0.2) is 4.79 Å². The highest BCUT2D eigenvalue weighted by Gasteiger charge is 2.19. The van der Waals surface area contributed by atoms with E-state index in [2.05, 4.69) is 5.32 Å². The minimum atomic E-state index is -0.863. The van der Waals surface area contributed by atoms with Crippen LogP contribution >= 0.6 is 11.3 Å². The van der Waals surface area contributed by atoms with Crippen molar-refractivity contribution in [2.45, 2.75) is 20.0 Å². The Morgan fingerprint density at radius 2 is 2.04 bits per heavy atom. The number of carbonyl (C=O) groups is 3. The molecular formula is C17H18N2O5S. The first kappa shape index (κ1) is 18.5. The van der Waals surface area contributed by atoms with Gasteiger partial charge in [-0.05, 0) is 43.0 Å². The molecule has 1 aromatic carbocycles. The second kappa shape index (κ2) is 8.29. The molecule has 0 aliphatic rings. The molecule has 2 rings (SSSR count). The summed E-state index contributed by atoms with van der Waals surface area (Å²) in [6.07, 6.45) is -0.863. The summed E-state index contributed by atoms with van der Waals surface area (Å²) in [7, 11) is 0. The van der Waals surface area contributed by atoms with Gasteiger partial charge in [0.15, 0.2) is 12.7 Å². The van der Waals surface area contributed by atoms with Crippen LogP contribution in [-0.2, 0) is 14.3 Å². The maximum atomic E-state index is 11.9. The highest BCUT2D eigenvalue weighted by atomic mass is 32.1. The standard InChI is InChI=1S/C17H18N2O5S/c1-10-4-3-5-12(8-10)24-11(2)17(22)23-9-14(20)19-16-13(15(18)21)6-7-25-16/h3-8,11H,9H2,1-2H3,(H2,18,21)(H,19,20)/t11-/m0/s1. The first-order chi connectivity index (χ1) is 11.9. The molecule has 2 amide bonds. The number of carbonyl (C=O) groups excluding carboxylic acids is 3. The molecule has 0 spiro atoms. The van der Waals surface area contributed by atoms with Gasteiger partial charge in [-0.15, -0.1) is 11.3 Å². The first-order valence-electron chi connectivity index (χ1n) is 7.44. The van der Waals surface area contributed by atoms with Crippen LogP contribution in [0.1, 0.15) is 22.8 Å². The molecule has 0 aliphatic carbocycles. The van der Waals surface area contributed by atoms with Crippen molar-refractivity contribution in [2.24, 2.45) is 5.73 Å². The zero-order valence-electron chi connectivity index (χ0n) is 13.8. The number of hydrogen-bond acceptors (Lipinski definition) is 6. The monoisotopic (exact) mass is 362 g/mol. The quantitative estimate of drug-likeness (QED) is 0.734. The zero-order valence-corrected chi connectivity index (χ0v) is 14.6. The van der Waals surface area contributed by atoms with Gasteiger partial charge in [-0.2, -0.15) is 0 Å². The summed E-state index contributed by atoms with van der Waals surface area (Å²) < 4.78 is 10.4. The second-order valence-electron chi connectivity index (χ2n) is 5.26. The third kappa shape index (κ3) is 5.32. The number of nitrogens with one attached hydrogen (secondary N) is 1. The van der Waals surface area contributed by atoms with Gasteiger partial charge in [-0.1, -0.05) is 12.1 Å².